The zero-order chi connectivity index (χ0) is 43.1. The highest BCUT2D eigenvalue weighted by Crippen LogP contribution is 2.22. The molecule has 0 saturated heterocycles. The largest absolute Gasteiger partial charge is 0.491 e. The molecule has 15 heteroatoms. The van der Waals surface area contributed by atoms with Crippen LogP contribution in [0.1, 0.15) is 71.7 Å². The molecule has 0 aromatic heterocycles. The Hall–Kier alpha value is -3.06. The molecule has 2 aromatic carbocycles. The van der Waals surface area contributed by atoms with Crippen molar-refractivity contribution in [2.24, 2.45) is 0 Å². The normalized spacial score (nSPS) is 12.5. The molecule has 2 aromatic rings. The van der Waals surface area contributed by atoms with Crippen LogP contribution in [0.25, 0.3) is 0 Å². The fraction of sp³-hybridized carbons (Fsp3) is 0.696. The van der Waals surface area contributed by atoms with E-state index in [1.165, 1.54) is 49.0 Å². The number of unbranched alkanes of at least 4 members (excludes halogenated alkanes) is 5. The summed E-state index contributed by atoms with van der Waals surface area (Å²) in [5, 5.41) is 0. The van der Waals surface area contributed by atoms with Crippen LogP contribution in [0.2, 0.25) is 0 Å². The van der Waals surface area contributed by atoms with E-state index in [1.54, 1.807) is 24.3 Å². The Balaban J connectivity index is 0.910. The molecule has 0 bridgehead atoms. The van der Waals surface area contributed by atoms with Crippen molar-refractivity contribution in [2.45, 2.75) is 51.9 Å². The summed E-state index contributed by atoms with van der Waals surface area (Å²) in [6, 6.07) is 15.2. The minimum absolute atomic E-state index is 0.212. The summed E-state index contributed by atoms with van der Waals surface area (Å²) in [5.41, 5.74) is 2.25. The van der Waals surface area contributed by atoms with Gasteiger partial charge in [0.1, 0.15) is 12.4 Å². The number of hydrogen-bond acceptors (Lipinski definition) is 14. The lowest BCUT2D eigenvalue weighted by Gasteiger charge is -2.13. The van der Waals surface area contributed by atoms with E-state index >= 15 is 0 Å². The van der Waals surface area contributed by atoms with Gasteiger partial charge in [-0.05, 0) is 42.7 Å². The second-order valence-corrected chi connectivity index (χ2v) is 14.1. The third kappa shape index (κ3) is 26.2. The number of fused-ring (bicyclic) bond motifs is 1. The number of aryl methyl sites for hydroxylation is 1. The Morgan fingerprint density at radius 1 is 0.377 bits per heavy atom. The van der Waals surface area contributed by atoms with Crippen LogP contribution >= 0.6 is 0 Å². The number of hydrogen-bond donors (Lipinski definition) is 0. The summed E-state index contributed by atoms with van der Waals surface area (Å²) in [6.45, 7) is 13.3. The summed E-state index contributed by atoms with van der Waals surface area (Å²) in [7, 11) is 0. The summed E-state index contributed by atoms with van der Waals surface area (Å²) < 4.78 is 66.5. The summed E-state index contributed by atoms with van der Waals surface area (Å²) >= 11 is 0. The molecular formula is C46H73NO14. The van der Waals surface area contributed by atoms with Gasteiger partial charge < -0.3 is 56.8 Å². The molecule has 0 aliphatic carbocycles. The van der Waals surface area contributed by atoms with Crippen molar-refractivity contribution < 1.29 is 66.4 Å². The van der Waals surface area contributed by atoms with E-state index in [0.717, 1.165) is 12.2 Å². The van der Waals surface area contributed by atoms with Crippen molar-refractivity contribution in [3.63, 3.8) is 0 Å². The van der Waals surface area contributed by atoms with Gasteiger partial charge in [-0.15, -0.1) is 0 Å². The van der Waals surface area contributed by atoms with Crippen LogP contribution in [0, 0.1) is 0 Å². The summed E-state index contributed by atoms with van der Waals surface area (Å²) in [5.74, 6) is 0.322. The van der Waals surface area contributed by atoms with Gasteiger partial charge in [0.2, 0.25) is 0 Å². The molecule has 0 saturated carbocycles. The van der Waals surface area contributed by atoms with E-state index < -0.39 is 0 Å². The number of carbonyl (C=O) groups is 2. The molecule has 61 heavy (non-hydrogen) atoms. The fourth-order valence-electron chi connectivity index (χ4n) is 5.98. The molecule has 3 rings (SSSR count). The minimum atomic E-state index is -0.278. The van der Waals surface area contributed by atoms with Crippen molar-refractivity contribution in [2.75, 3.05) is 159 Å². The predicted octanol–water partition coefficient (Wildman–Crippen LogP) is 5.45. The zero-order valence-electron chi connectivity index (χ0n) is 36.7. The fourth-order valence-corrected chi connectivity index (χ4v) is 5.98. The summed E-state index contributed by atoms with van der Waals surface area (Å²) in [6.07, 6.45) is 9.05. The first-order valence-corrected chi connectivity index (χ1v) is 22.2. The number of benzene rings is 2. The van der Waals surface area contributed by atoms with Crippen LogP contribution in [-0.2, 0) is 58.5 Å². The van der Waals surface area contributed by atoms with Gasteiger partial charge in [0, 0.05) is 0 Å². The van der Waals surface area contributed by atoms with Crippen LogP contribution in [-0.4, -0.2) is 175 Å². The molecule has 1 aliphatic heterocycles. The van der Waals surface area contributed by atoms with Gasteiger partial charge in [0.15, 0.2) is 0 Å². The van der Waals surface area contributed by atoms with Crippen LogP contribution in [0.4, 0.5) is 0 Å². The van der Waals surface area contributed by atoms with Gasteiger partial charge in [-0.25, -0.2) is 0 Å². The Morgan fingerprint density at radius 2 is 0.705 bits per heavy atom. The van der Waals surface area contributed by atoms with Gasteiger partial charge in [0.25, 0.3) is 11.8 Å². The maximum Gasteiger partial charge on any atom is 0.261 e. The lowest BCUT2D eigenvalue weighted by atomic mass is 10.0. The Labute approximate surface area is 363 Å². The van der Waals surface area contributed by atoms with Crippen molar-refractivity contribution >= 4 is 11.8 Å². The molecular weight excluding hydrogens is 790 g/mol. The Bertz CT molecular complexity index is 1310. The third-order valence-corrected chi connectivity index (χ3v) is 9.30. The molecule has 1 aliphatic rings. The van der Waals surface area contributed by atoms with E-state index in [-0.39, 0.29) is 25.0 Å². The van der Waals surface area contributed by atoms with E-state index in [9.17, 15) is 9.59 Å². The number of imide groups is 1. The summed E-state index contributed by atoms with van der Waals surface area (Å²) in [4.78, 5) is 25.9. The van der Waals surface area contributed by atoms with Crippen molar-refractivity contribution in [3.05, 3.63) is 65.2 Å². The number of rotatable bonds is 44. The van der Waals surface area contributed by atoms with Crippen LogP contribution < -0.4 is 4.74 Å². The molecule has 1 heterocycles. The van der Waals surface area contributed by atoms with E-state index in [0.29, 0.717) is 156 Å². The van der Waals surface area contributed by atoms with Gasteiger partial charge >= 0.3 is 0 Å². The molecule has 346 valence electrons. The SMILES string of the molecule is CCCCCCCCc1ccc(OCCOCCOCCOCCOCCOCCOCCOCCOCCOCCOCCOCCN2C(=O)c3ccccc3C2=O)cc1. The van der Waals surface area contributed by atoms with Crippen LogP contribution in [0.5, 0.6) is 5.75 Å². The Kier molecular flexibility index (Phi) is 32.1. The molecule has 0 unspecified atom stereocenters. The zero-order valence-corrected chi connectivity index (χ0v) is 36.7. The standard InChI is InChI=1S/C46H73NO14/c1-2-3-4-5-6-7-10-41-13-15-42(16-14-41)61-40-39-60-38-37-59-36-35-58-34-33-57-32-31-56-30-29-55-28-27-54-26-25-53-24-23-52-22-21-51-20-19-50-18-17-47-45(48)43-11-8-9-12-44(43)46(47)49/h8-9,11-16H,2-7,10,17-40H2,1H3. The van der Waals surface area contributed by atoms with E-state index in [1.807, 2.05) is 12.1 Å². The molecule has 15 nitrogen and oxygen atoms in total. The van der Waals surface area contributed by atoms with E-state index in [4.69, 9.17) is 56.8 Å². The highest BCUT2D eigenvalue weighted by Gasteiger charge is 2.34. The molecule has 0 N–H and O–H groups in total. The van der Waals surface area contributed by atoms with Crippen LogP contribution in [0.15, 0.2) is 48.5 Å². The first-order chi connectivity index (χ1) is 30.2. The van der Waals surface area contributed by atoms with Gasteiger partial charge in [-0.2, -0.15) is 0 Å². The monoisotopic (exact) mass is 864 g/mol. The molecule has 2 amide bonds. The average Bonchev–Trinajstić information content (AvgIpc) is 3.52. The van der Waals surface area contributed by atoms with Gasteiger partial charge in [-0.1, -0.05) is 63.3 Å². The highest BCUT2D eigenvalue weighted by atomic mass is 16.6. The first kappa shape index (κ1) is 52.3. The number of nitrogens with zero attached hydrogens (tertiary/aromatic N) is 1. The number of amides is 2. The second-order valence-electron chi connectivity index (χ2n) is 14.1. The quantitative estimate of drug-likeness (QED) is 0.0615. The highest BCUT2D eigenvalue weighted by molar-refractivity contribution is 6.21. The molecule has 0 atom stereocenters. The topological polar surface area (TPSA) is 148 Å². The maximum absolute atomic E-state index is 12.3. The molecule has 0 spiro atoms. The smallest absolute Gasteiger partial charge is 0.261 e. The maximum atomic E-state index is 12.3. The molecule has 0 fully saturated rings. The van der Waals surface area contributed by atoms with Crippen molar-refractivity contribution in [1.82, 2.24) is 4.90 Å². The second kappa shape index (κ2) is 37.5. The average molecular weight is 864 g/mol. The minimum Gasteiger partial charge on any atom is -0.491 e. The predicted molar refractivity (Wildman–Crippen MR) is 230 cm³/mol. The third-order valence-electron chi connectivity index (χ3n) is 9.30. The lowest BCUT2D eigenvalue weighted by molar-refractivity contribution is -0.0278. The van der Waals surface area contributed by atoms with Crippen molar-refractivity contribution in [1.29, 1.82) is 0 Å². The lowest BCUT2D eigenvalue weighted by Crippen LogP contribution is -2.33. The number of ether oxygens (including phenoxy) is 12. The number of carbonyl (C=O) groups excluding carboxylic acids is 2. The van der Waals surface area contributed by atoms with Gasteiger partial charge in [-0.3, -0.25) is 14.5 Å². The van der Waals surface area contributed by atoms with Crippen molar-refractivity contribution in [3.8, 4) is 5.75 Å². The first-order valence-electron chi connectivity index (χ1n) is 22.2. The van der Waals surface area contributed by atoms with E-state index in [2.05, 4.69) is 19.1 Å². The molecule has 0 radical (unpaired) electrons. The van der Waals surface area contributed by atoms with Gasteiger partial charge in [0.05, 0.1) is 163 Å². The Morgan fingerprint density at radius 3 is 1.08 bits per heavy atom. The van der Waals surface area contributed by atoms with Crippen LogP contribution in [0.3, 0.4) is 0 Å².